The molecule has 0 aromatic heterocycles. The highest BCUT2D eigenvalue weighted by Gasteiger charge is 2.17. The smallest absolute Gasteiger partial charge is 0.119 e. The number of β-amino-alcohol motifs (C(OH)–C–C–N with tert-alkyl or cyclic N) is 1. The number of benzene rings is 1. The lowest BCUT2D eigenvalue weighted by molar-refractivity contribution is 0.122. The van der Waals surface area contributed by atoms with Gasteiger partial charge in [-0.2, -0.15) is 0 Å². The van der Waals surface area contributed by atoms with Gasteiger partial charge in [-0.15, -0.1) is 0 Å². The number of ether oxygens (including phenoxy) is 1. The van der Waals surface area contributed by atoms with Crippen molar-refractivity contribution in [1.82, 2.24) is 4.90 Å². The van der Waals surface area contributed by atoms with Crippen molar-refractivity contribution >= 4 is 5.69 Å². The molecule has 2 rings (SSSR count). The molecule has 0 saturated carbocycles. The van der Waals surface area contributed by atoms with Gasteiger partial charge in [-0.3, -0.25) is 4.90 Å². The third-order valence-electron chi connectivity index (χ3n) is 3.33. The Labute approximate surface area is 109 Å². The molecule has 1 aliphatic heterocycles. The Hall–Kier alpha value is -1.26. The molecule has 1 fully saturated rings. The lowest BCUT2D eigenvalue weighted by atomic mass is 10.2. The number of aliphatic hydroxyl groups is 1. The predicted octanol–water partition coefficient (Wildman–Crippen LogP) is 1.20. The fourth-order valence-corrected chi connectivity index (χ4v) is 2.36. The lowest BCUT2D eigenvalue weighted by Crippen LogP contribution is -2.48. The van der Waals surface area contributed by atoms with Crippen molar-refractivity contribution in [3.8, 4) is 5.75 Å². The highest BCUT2D eigenvalue weighted by molar-refractivity contribution is 5.49. The summed E-state index contributed by atoms with van der Waals surface area (Å²) in [7, 11) is 1.68. The van der Waals surface area contributed by atoms with Gasteiger partial charge in [-0.1, -0.05) is 0 Å². The first kappa shape index (κ1) is 13.2. The van der Waals surface area contributed by atoms with Crippen molar-refractivity contribution in [1.29, 1.82) is 0 Å². The maximum atomic E-state index is 9.38. The summed E-state index contributed by atoms with van der Waals surface area (Å²) in [6.45, 7) is 6.66. The van der Waals surface area contributed by atoms with Crippen LogP contribution in [-0.4, -0.2) is 55.9 Å². The minimum absolute atomic E-state index is 0.238. The highest BCUT2D eigenvalue weighted by atomic mass is 16.5. The molecule has 1 atom stereocenters. The van der Waals surface area contributed by atoms with Gasteiger partial charge in [-0.25, -0.2) is 0 Å². The van der Waals surface area contributed by atoms with Crippen LogP contribution in [0.4, 0.5) is 5.69 Å². The molecule has 0 aliphatic carbocycles. The summed E-state index contributed by atoms with van der Waals surface area (Å²) in [4.78, 5) is 4.68. The topological polar surface area (TPSA) is 35.9 Å². The van der Waals surface area contributed by atoms with E-state index >= 15 is 0 Å². The highest BCUT2D eigenvalue weighted by Crippen LogP contribution is 2.20. The Morgan fingerprint density at radius 2 is 1.78 bits per heavy atom. The van der Waals surface area contributed by atoms with Crippen molar-refractivity contribution in [2.24, 2.45) is 0 Å². The van der Waals surface area contributed by atoms with E-state index in [1.165, 1.54) is 5.69 Å². The molecule has 4 nitrogen and oxygen atoms in total. The Bertz CT molecular complexity index is 357. The van der Waals surface area contributed by atoms with Gasteiger partial charge in [0.1, 0.15) is 5.75 Å². The predicted molar refractivity (Wildman–Crippen MR) is 73.3 cm³/mol. The quantitative estimate of drug-likeness (QED) is 0.871. The number of nitrogens with zero attached hydrogens (tertiary/aromatic N) is 2. The second-order valence-corrected chi connectivity index (χ2v) is 4.83. The average Bonchev–Trinajstić information content (AvgIpc) is 2.39. The molecular formula is C14H22N2O2. The Morgan fingerprint density at radius 3 is 2.28 bits per heavy atom. The molecule has 1 heterocycles. The largest absolute Gasteiger partial charge is 0.497 e. The van der Waals surface area contributed by atoms with Gasteiger partial charge in [0.25, 0.3) is 0 Å². The number of aliphatic hydroxyl groups excluding tert-OH is 1. The zero-order chi connectivity index (χ0) is 13.0. The molecule has 1 aromatic carbocycles. The minimum Gasteiger partial charge on any atom is -0.497 e. The van der Waals surface area contributed by atoms with Crippen LogP contribution in [0.15, 0.2) is 24.3 Å². The summed E-state index contributed by atoms with van der Waals surface area (Å²) in [5.74, 6) is 0.895. The first-order chi connectivity index (χ1) is 8.69. The molecule has 1 aliphatic rings. The van der Waals surface area contributed by atoms with Crippen LogP contribution in [0, 0.1) is 0 Å². The van der Waals surface area contributed by atoms with E-state index < -0.39 is 0 Å². The summed E-state index contributed by atoms with van der Waals surface area (Å²) in [5.41, 5.74) is 1.24. The van der Waals surface area contributed by atoms with Crippen LogP contribution in [0.2, 0.25) is 0 Å². The Morgan fingerprint density at radius 1 is 1.17 bits per heavy atom. The molecule has 0 bridgehead atoms. The average molecular weight is 250 g/mol. The summed E-state index contributed by atoms with van der Waals surface area (Å²) in [6, 6.07) is 8.20. The molecule has 1 aromatic rings. The molecule has 18 heavy (non-hydrogen) atoms. The molecule has 0 radical (unpaired) electrons. The zero-order valence-electron chi connectivity index (χ0n) is 11.2. The number of methoxy groups -OCH3 is 1. The van der Waals surface area contributed by atoms with Gasteiger partial charge in [0, 0.05) is 38.4 Å². The molecule has 0 spiro atoms. The van der Waals surface area contributed by atoms with E-state index in [1.807, 2.05) is 19.1 Å². The fraction of sp³-hybridized carbons (Fsp3) is 0.571. The van der Waals surface area contributed by atoms with Crippen LogP contribution < -0.4 is 9.64 Å². The third kappa shape index (κ3) is 3.37. The Kier molecular flexibility index (Phi) is 4.44. The van der Waals surface area contributed by atoms with Gasteiger partial charge in [-0.05, 0) is 31.2 Å². The van der Waals surface area contributed by atoms with Crippen LogP contribution >= 0.6 is 0 Å². The van der Waals surface area contributed by atoms with Gasteiger partial charge in [0.15, 0.2) is 0 Å². The number of hydrogen-bond donors (Lipinski definition) is 1. The minimum atomic E-state index is -0.238. The van der Waals surface area contributed by atoms with E-state index in [1.54, 1.807) is 7.11 Å². The second-order valence-electron chi connectivity index (χ2n) is 4.83. The van der Waals surface area contributed by atoms with Crippen LogP contribution in [0.5, 0.6) is 5.75 Å². The molecular weight excluding hydrogens is 228 g/mol. The van der Waals surface area contributed by atoms with E-state index in [4.69, 9.17) is 4.74 Å². The maximum Gasteiger partial charge on any atom is 0.119 e. The first-order valence-electron chi connectivity index (χ1n) is 6.48. The lowest BCUT2D eigenvalue weighted by Gasteiger charge is -2.36. The van der Waals surface area contributed by atoms with E-state index in [2.05, 4.69) is 21.9 Å². The first-order valence-corrected chi connectivity index (χ1v) is 6.48. The van der Waals surface area contributed by atoms with Crippen LogP contribution in [0.1, 0.15) is 6.92 Å². The summed E-state index contributed by atoms with van der Waals surface area (Å²) in [6.07, 6.45) is -0.238. The van der Waals surface area contributed by atoms with Crippen molar-refractivity contribution in [3.05, 3.63) is 24.3 Å². The molecule has 0 amide bonds. The van der Waals surface area contributed by atoms with Crippen molar-refractivity contribution in [2.75, 3.05) is 44.7 Å². The summed E-state index contributed by atoms with van der Waals surface area (Å²) in [5, 5.41) is 9.38. The molecule has 0 unspecified atom stereocenters. The maximum absolute atomic E-state index is 9.38. The van der Waals surface area contributed by atoms with Gasteiger partial charge < -0.3 is 14.7 Å². The number of rotatable bonds is 4. The zero-order valence-corrected chi connectivity index (χ0v) is 11.2. The van der Waals surface area contributed by atoms with Crippen LogP contribution in [-0.2, 0) is 0 Å². The van der Waals surface area contributed by atoms with Crippen molar-refractivity contribution in [2.45, 2.75) is 13.0 Å². The molecule has 4 heteroatoms. The number of hydrogen-bond acceptors (Lipinski definition) is 4. The standard InChI is InChI=1S/C14H22N2O2/c1-12(17)11-15-7-9-16(10-8-15)13-3-5-14(18-2)6-4-13/h3-6,12,17H,7-11H2,1-2H3/t12-/m1/s1. The van der Waals surface area contributed by atoms with Crippen molar-refractivity contribution in [3.63, 3.8) is 0 Å². The fourth-order valence-electron chi connectivity index (χ4n) is 2.36. The van der Waals surface area contributed by atoms with Gasteiger partial charge in [0.2, 0.25) is 0 Å². The number of anilines is 1. The Balaban J connectivity index is 1.88. The van der Waals surface area contributed by atoms with E-state index in [0.717, 1.165) is 38.5 Å². The van der Waals surface area contributed by atoms with E-state index in [-0.39, 0.29) is 6.10 Å². The number of piperazine rings is 1. The second kappa shape index (κ2) is 6.07. The normalized spacial score (nSPS) is 18.7. The summed E-state index contributed by atoms with van der Waals surface area (Å²) >= 11 is 0. The molecule has 100 valence electrons. The molecule has 1 saturated heterocycles. The SMILES string of the molecule is COc1ccc(N2CCN(C[C@@H](C)O)CC2)cc1. The van der Waals surface area contributed by atoms with Crippen LogP contribution in [0.3, 0.4) is 0 Å². The van der Waals surface area contributed by atoms with Gasteiger partial charge >= 0.3 is 0 Å². The van der Waals surface area contributed by atoms with Gasteiger partial charge in [0.05, 0.1) is 13.2 Å². The third-order valence-corrected chi connectivity index (χ3v) is 3.33. The van der Waals surface area contributed by atoms with E-state index in [0.29, 0.717) is 0 Å². The monoisotopic (exact) mass is 250 g/mol. The van der Waals surface area contributed by atoms with Crippen molar-refractivity contribution < 1.29 is 9.84 Å². The molecule has 1 N–H and O–H groups in total. The summed E-state index contributed by atoms with van der Waals surface area (Å²) < 4.78 is 5.16. The van der Waals surface area contributed by atoms with E-state index in [9.17, 15) is 5.11 Å². The van der Waals surface area contributed by atoms with Crippen LogP contribution in [0.25, 0.3) is 0 Å².